The molecule has 184 valence electrons. The van der Waals surface area contributed by atoms with Crippen LogP contribution in [0.1, 0.15) is 28.7 Å². The van der Waals surface area contributed by atoms with E-state index in [2.05, 4.69) is 10.6 Å². The third-order valence-electron chi connectivity index (χ3n) is 6.02. The Kier molecular flexibility index (Phi) is 9.87. The second kappa shape index (κ2) is 13.3. The Morgan fingerprint density at radius 3 is 2.03 bits per heavy atom. The van der Waals surface area contributed by atoms with Gasteiger partial charge >= 0.3 is 0 Å². The van der Waals surface area contributed by atoms with E-state index in [-0.39, 0.29) is 18.6 Å². The van der Waals surface area contributed by atoms with Gasteiger partial charge in [0.1, 0.15) is 5.75 Å². The molecule has 0 spiro atoms. The molecule has 6 nitrogen and oxygen atoms in total. The number of ether oxygens (including phenoxy) is 1. The lowest BCUT2D eigenvalue weighted by Crippen LogP contribution is -2.49. The van der Waals surface area contributed by atoms with Crippen LogP contribution in [0.2, 0.25) is 0 Å². The zero-order chi connectivity index (χ0) is 25.0. The summed E-state index contributed by atoms with van der Waals surface area (Å²) in [6.45, 7) is 3.73. The van der Waals surface area contributed by atoms with E-state index in [0.717, 1.165) is 22.3 Å². The van der Waals surface area contributed by atoms with Gasteiger partial charge in [-0.1, -0.05) is 78.9 Å². The average molecular weight is 475 g/mol. The second-order valence-electron chi connectivity index (χ2n) is 8.85. The quantitative estimate of drug-likeness (QED) is 0.331. The molecule has 0 heterocycles. The number of aliphatic hydroxyl groups excluding tert-OH is 1. The van der Waals surface area contributed by atoms with Crippen molar-refractivity contribution in [3.63, 3.8) is 0 Å². The van der Waals surface area contributed by atoms with Crippen molar-refractivity contribution in [2.45, 2.75) is 51.3 Å². The third kappa shape index (κ3) is 8.26. The topological polar surface area (TPSA) is 87.7 Å². The Morgan fingerprint density at radius 1 is 0.886 bits per heavy atom. The second-order valence-corrected chi connectivity index (χ2v) is 8.85. The molecule has 0 aliphatic carbocycles. The number of benzene rings is 3. The molecule has 0 radical (unpaired) electrons. The number of amides is 2. The van der Waals surface area contributed by atoms with Crippen molar-refractivity contribution < 1.29 is 19.4 Å². The number of para-hydroxylation sites is 1. The molecule has 0 saturated carbocycles. The van der Waals surface area contributed by atoms with Gasteiger partial charge in [0.05, 0.1) is 12.1 Å². The minimum absolute atomic E-state index is 0.149. The number of aliphatic hydroxyl groups is 1. The number of hydrogen-bond donors (Lipinski definition) is 3. The Morgan fingerprint density at radius 2 is 1.46 bits per heavy atom. The van der Waals surface area contributed by atoms with Crippen LogP contribution in [0, 0.1) is 13.8 Å². The normalized spacial score (nSPS) is 13.3. The van der Waals surface area contributed by atoms with Crippen molar-refractivity contribution in [1.29, 1.82) is 0 Å². The van der Waals surface area contributed by atoms with Gasteiger partial charge in [0.25, 0.3) is 5.91 Å². The molecule has 3 atom stereocenters. The van der Waals surface area contributed by atoms with Crippen molar-refractivity contribution in [3.05, 3.63) is 101 Å². The molecule has 0 unspecified atom stereocenters. The highest BCUT2D eigenvalue weighted by atomic mass is 16.5. The van der Waals surface area contributed by atoms with E-state index in [1.807, 2.05) is 92.7 Å². The van der Waals surface area contributed by atoms with Crippen molar-refractivity contribution in [2.75, 3.05) is 6.61 Å². The number of aryl methyl sites for hydroxylation is 2. The van der Waals surface area contributed by atoms with Crippen LogP contribution in [0.15, 0.2) is 78.9 Å². The molecule has 2 amide bonds. The van der Waals surface area contributed by atoms with Gasteiger partial charge in [-0.3, -0.25) is 9.59 Å². The SMILES string of the molecule is Cc1cccc(C)c1OCC(=O)N[C@@H](Cc1ccccc1)[C@@H](O)C[C@H](Cc1ccccc1)NC=O. The van der Waals surface area contributed by atoms with Gasteiger partial charge in [-0.15, -0.1) is 0 Å². The first kappa shape index (κ1) is 26.0. The molecular formula is C29H34N2O4. The number of hydrogen-bond acceptors (Lipinski definition) is 4. The van der Waals surface area contributed by atoms with Crippen LogP contribution in [-0.2, 0) is 22.4 Å². The first-order chi connectivity index (χ1) is 17.0. The summed E-state index contributed by atoms with van der Waals surface area (Å²) in [5, 5.41) is 16.9. The zero-order valence-electron chi connectivity index (χ0n) is 20.3. The van der Waals surface area contributed by atoms with Gasteiger partial charge < -0.3 is 20.5 Å². The predicted molar refractivity (Wildman–Crippen MR) is 137 cm³/mol. The predicted octanol–water partition coefficient (Wildman–Crippen LogP) is 3.52. The van der Waals surface area contributed by atoms with Crippen LogP contribution < -0.4 is 15.4 Å². The number of nitrogens with one attached hydrogen (secondary N) is 2. The maximum absolute atomic E-state index is 12.8. The molecule has 6 heteroatoms. The van der Waals surface area contributed by atoms with Crippen molar-refractivity contribution in [1.82, 2.24) is 10.6 Å². The lowest BCUT2D eigenvalue weighted by molar-refractivity contribution is -0.124. The summed E-state index contributed by atoms with van der Waals surface area (Å²) in [5.41, 5.74) is 3.98. The molecular weight excluding hydrogens is 440 g/mol. The highest BCUT2D eigenvalue weighted by Gasteiger charge is 2.25. The van der Waals surface area contributed by atoms with Gasteiger partial charge in [0, 0.05) is 6.04 Å². The maximum atomic E-state index is 12.8. The molecule has 3 N–H and O–H groups in total. The summed E-state index contributed by atoms with van der Waals surface area (Å²) in [6, 6.07) is 24.5. The maximum Gasteiger partial charge on any atom is 0.258 e. The largest absolute Gasteiger partial charge is 0.483 e. The zero-order valence-corrected chi connectivity index (χ0v) is 20.3. The van der Waals surface area contributed by atoms with Crippen LogP contribution in [0.3, 0.4) is 0 Å². The molecule has 3 rings (SSSR count). The molecule has 0 fully saturated rings. The average Bonchev–Trinajstić information content (AvgIpc) is 2.85. The number of carbonyl (C=O) groups is 2. The van der Waals surface area contributed by atoms with Crippen LogP contribution in [0.4, 0.5) is 0 Å². The molecule has 0 saturated heterocycles. The van der Waals surface area contributed by atoms with E-state index >= 15 is 0 Å². The summed E-state index contributed by atoms with van der Waals surface area (Å²) < 4.78 is 5.81. The molecule has 35 heavy (non-hydrogen) atoms. The standard InChI is InChI=1S/C29H34N2O4/c1-21-10-9-11-22(2)29(21)35-19-28(34)31-26(17-24-14-7-4-8-15-24)27(33)18-25(30-20-32)16-23-12-5-3-6-13-23/h3-15,20,25-27,33H,16-19H2,1-2H3,(H,30,32)(H,31,34)/t25-,26-,27-/m0/s1. The Labute approximate surface area is 207 Å². The molecule has 3 aromatic carbocycles. The summed E-state index contributed by atoms with van der Waals surface area (Å²) in [7, 11) is 0. The molecule has 0 bridgehead atoms. The molecule has 0 aromatic heterocycles. The van der Waals surface area contributed by atoms with Crippen LogP contribution >= 0.6 is 0 Å². The van der Waals surface area contributed by atoms with E-state index in [1.54, 1.807) is 0 Å². The Balaban J connectivity index is 1.68. The van der Waals surface area contributed by atoms with Crippen LogP contribution in [-0.4, -0.2) is 42.2 Å². The highest BCUT2D eigenvalue weighted by Crippen LogP contribution is 2.22. The third-order valence-corrected chi connectivity index (χ3v) is 6.02. The molecule has 0 aliphatic heterocycles. The minimum atomic E-state index is -0.875. The fourth-order valence-corrected chi connectivity index (χ4v) is 4.23. The summed E-state index contributed by atoms with van der Waals surface area (Å²) in [6.07, 6.45) is 1.11. The van der Waals surface area contributed by atoms with Crippen molar-refractivity contribution in [2.24, 2.45) is 0 Å². The van der Waals surface area contributed by atoms with Crippen LogP contribution in [0.25, 0.3) is 0 Å². The van der Waals surface area contributed by atoms with Crippen molar-refractivity contribution >= 4 is 12.3 Å². The lowest BCUT2D eigenvalue weighted by Gasteiger charge is -2.28. The lowest BCUT2D eigenvalue weighted by atomic mass is 9.93. The highest BCUT2D eigenvalue weighted by molar-refractivity contribution is 5.78. The van der Waals surface area contributed by atoms with Gasteiger partial charge in [0.15, 0.2) is 6.61 Å². The summed E-state index contributed by atoms with van der Waals surface area (Å²) in [4.78, 5) is 24.0. The van der Waals surface area contributed by atoms with E-state index in [1.165, 1.54) is 0 Å². The fraction of sp³-hybridized carbons (Fsp3) is 0.310. The fourth-order valence-electron chi connectivity index (χ4n) is 4.23. The Bertz CT molecular complexity index is 1050. The smallest absolute Gasteiger partial charge is 0.258 e. The van der Waals surface area contributed by atoms with Gasteiger partial charge in [-0.25, -0.2) is 0 Å². The van der Waals surface area contributed by atoms with E-state index in [0.29, 0.717) is 31.4 Å². The van der Waals surface area contributed by atoms with E-state index < -0.39 is 12.1 Å². The number of carbonyl (C=O) groups excluding carboxylic acids is 2. The van der Waals surface area contributed by atoms with Gasteiger partial charge in [-0.05, 0) is 55.4 Å². The first-order valence-corrected chi connectivity index (χ1v) is 11.9. The van der Waals surface area contributed by atoms with Gasteiger partial charge in [-0.2, -0.15) is 0 Å². The molecule has 3 aromatic rings. The first-order valence-electron chi connectivity index (χ1n) is 11.9. The summed E-state index contributed by atoms with van der Waals surface area (Å²) >= 11 is 0. The van der Waals surface area contributed by atoms with E-state index in [9.17, 15) is 14.7 Å². The summed E-state index contributed by atoms with van der Waals surface area (Å²) in [5.74, 6) is 0.386. The van der Waals surface area contributed by atoms with E-state index in [4.69, 9.17) is 4.74 Å². The van der Waals surface area contributed by atoms with Gasteiger partial charge in [0.2, 0.25) is 6.41 Å². The molecule has 0 aliphatic rings. The monoisotopic (exact) mass is 474 g/mol. The number of rotatable bonds is 13. The Hall–Kier alpha value is -3.64. The minimum Gasteiger partial charge on any atom is -0.483 e. The van der Waals surface area contributed by atoms with Crippen LogP contribution in [0.5, 0.6) is 5.75 Å². The van der Waals surface area contributed by atoms with Crippen molar-refractivity contribution in [3.8, 4) is 5.75 Å².